The van der Waals surface area contributed by atoms with Gasteiger partial charge in [0.25, 0.3) is 0 Å². The van der Waals surface area contributed by atoms with E-state index in [1.807, 2.05) is 32.0 Å². The van der Waals surface area contributed by atoms with Crippen LogP contribution in [0.15, 0.2) is 48.5 Å². The smallest absolute Gasteiger partial charge is 0.248 e. The molecule has 0 aliphatic carbocycles. The van der Waals surface area contributed by atoms with Gasteiger partial charge in [0.15, 0.2) is 0 Å². The largest absolute Gasteiger partial charge is 0.324 e. The maximum Gasteiger partial charge on any atom is 0.248 e. The second-order valence-corrected chi connectivity index (χ2v) is 8.04. The van der Waals surface area contributed by atoms with E-state index in [0.717, 1.165) is 17.4 Å². The molecule has 0 unspecified atom stereocenters. The highest BCUT2D eigenvalue weighted by molar-refractivity contribution is 7.92. The Labute approximate surface area is 149 Å². The molecule has 0 aliphatic rings. The summed E-state index contributed by atoms with van der Waals surface area (Å²) in [5.74, 6) is -0.346. The number of rotatable bonds is 6. The van der Waals surface area contributed by atoms with Crippen LogP contribution in [0.1, 0.15) is 24.5 Å². The van der Waals surface area contributed by atoms with E-state index in [1.165, 1.54) is 4.31 Å². The lowest BCUT2D eigenvalue weighted by Crippen LogP contribution is -2.47. The zero-order valence-corrected chi connectivity index (χ0v) is 15.8. The number of hydrogen-bond acceptors (Lipinski definition) is 3. The lowest BCUT2D eigenvalue weighted by atomic mass is 10.1. The number of nitrogens with one attached hydrogen (secondary N) is 1. The van der Waals surface area contributed by atoms with Crippen LogP contribution in [0.4, 0.5) is 11.4 Å². The minimum Gasteiger partial charge on any atom is -0.324 e. The first-order valence-corrected chi connectivity index (χ1v) is 10.0. The maximum atomic E-state index is 12.8. The van der Waals surface area contributed by atoms with Gasteiger partial charge in [-0.1, -0.05) is 31.2 Å². The molecule has 5 nitrogen and oxygen atoms in total. The van der Waals surface area contributed by atoms with Crippen LogP contribution in [0.5, 0.6) is 0 Å². The standard InChI is InChI=1S/C19H24N2O3S/c1-5-18(19(22)20-16-12-14(2)11-15(3)13-16)21(25(4,23)24)17-9-7-6-8-10-17/h6-13,18H,5H2,1-4H3,(H,20,22)/t18-/m0/s1. The number of nitrogens with zero attached hydrogens (tertiary/aromatic N) is 1. The van der Waals surface area contributed by atoms with Crippen LogP contribution >= 0.6 is 0 Å². The zero-order chi connectivity index (χ0) is 18.6. The molecule has 0 spiro atoms. The quantitative estimate of drug-likeness (QED) is 0.857. The van der Waals surface area contributed by atoms with E-state index in [0.29, 0.717) is 17.8 Å². The van der Waals surface area contributed by atoms with Crippen molar-refractivity contribution in [3.63, 3.8) is 0 Å². The summed E-state index contributed by atoms with van der Waals surface area (Å²) in [6.07, 6.45) is 1.48. The molecule has 0 saturated carbocycles. The SMILES string of the molecule is CC[C@@H](C(=O)Nc1cc(C)cc(C)c1)N(c1ccccc1)S(C)(=O)=O. The van der Waals surface area contributed by atoms with Gasteiger partial charge in [0.1, 0.15) is 6.04 Å². The number of anilines is 2. The molecule has 2 aromatic rings. The van der Waals surface area contributed by atoms with Crippen molar-refractivity contribution in [2.24, 2.45) is 0 Å². The van der Waals surface area contributed by atoms with Gasteiger partial charge in [-0.2, -0.15) is 0 Å². The normalized spacial score (nSPS) is 12.5. The monoisotopic (exact) mass is 360 g/mol. The molecule has 134 valence electrons. The fraction of sp³-hybridized carbons (Fsp3) is 0.316. The maximum absolute atomic E-state index is 12.8. The van der Waals surface area contributed by atoms with E-state index in [1.54, 1.807) is 37.3 Å². The second-order valence-electron chi connectivity index (χ2n) is 6.18. The summed E-state index contributed by atoms with van der Waals surface area (Å²) in [4.78, 5) is 12.8. The molecular weight excluding hydrogens is 336 g/mol. The third-order valence-electron chi connectivity index (χ3n) is 3.83. The van der Waals surface area contributed by atoms with E-state index in [2.05, 4.69) is 5.32 Å². The molecule has 2 aromatic carbocycles. The molecule has 6 heteroatoms. The Morgan fingerprint density at radius 2 is 1.64 bits per heavy atom. The number of amides is 1. The van der Waals surface area contributed by atoms with Crippen LogP contribution in [0.2, 0.25) is 0 Å². The summed E-state index contributed by atoms with van der Waals surface area (Å²) in [5.41, 5.74) is 3.22. The summed E-state index contributed by atoms with van der Waals surface area (Å²) in [6.45, 7) is 5.70. The summed E-state index contributed by atoms with van der Waals surface area (Å²) in [6, 6.07) is 13.6. The molecule has 1 N–H and O–H groups in total. The number of sulfonamides is 1. The predicted octanol–water partition coefficient (Wildman–Crippen LogP) is 3.49. The second kappa shape index (κ2) is 7.70. The molecule has 0 radical (unpaired) electrons. The van der Waals surface area contributed by atoms with Crippen molar-refractivity contribution in [2.45, 2.75) is 33.2 Å². The first kappa shape index (κ1) is 19.0. The van der Waals surface area contributed by atoms with Crippen LogP contribution in [-0.2, 0) is 14.8 Å². The zero-order valence-electron chi connectivity index (χ0n) is 15.0. The van der Waals surface area contributed by atoms with Crippen molar-refractivity contribution >= 4 is 27.3 Å². The molecular formula is C19H24N2O3S. The lowest BCUT2D eigenvalue weighted by Gasteiger charge is -2.30. The number of carbonyl (C=O) groups excluding carboxylic acids is 1. The van der Waals surface area contributed by atoms with Gasteiger partial charge in [-0.15, -0.1) is 0 Å². The van der Waals surface area contributed by atoms with Gasteiger partial charge >= 0.3 is 0 Å². The lowest BCUT2D eigenvalue weighted by molar-refractivity contribution is -0.117. The van der Waals surface area contributed by atoms with E-state index in [-0.39, 0.29) is 5.91 Å². The van der Waals surface area contributed by atoms with Crippen LogP contribution in [0.3, 0.4) is 0 Å². The minimum atomic E-state index is -3.61. The highest BCUT2D eigenvalue weighted by atomic mass is 32.2. The van der Waals surface area contributed by atoms with Gasteiger partial charge in [0.05, 0.1) is 11.9 Å². The first-order chi connectivity index (χ1) is 11.7. The summed E-state index contributed by atoms with van der Waals surface area (Å²) in [7, 11) is -3.61. The number of hydrogen-bond donors (Lipinski definition) is 1. The highest BCUT2D eigenvalue weighted by Gasteiger charge is 2.31. The Hall–Kier alpha value is -2.34. The van der Waals surface area contributed by atoms with Gasteiger partial charge in [0.2, 0.25) is 15.9 Å². The molecule has 1 atom stereocenters. The molecule has 0 aromatic heterocycles. The molecule has 2 rings (SSSR count). The minimum absolute atomic E-state index is 0.346. The highest BCUT2D eigenvalue weighted by Crippen LogP contribution is 2.23. The van der Waals surface area contributed by atoms with Crippen molar-refractivity contribution in [3.8, 4) is 0 Å². The van der Waals surface area contributed by atoms with Crippen molar-refractivity contribution in [1.29, 1.82) is 0 Å². The Balaban J connectivity index is 2.36. The molecule has 1 amide bonds. The summed E-state index contributed by atoms with van der Waals surface area (Å²) >= 11 is 0. The fourth-order valence-electron chi connectivity index (χ4n) is 2.91. The number of aryl methyl sites for hydroxylation is 2. The third-order valence-corrected chi connectivity index (χ3v) is 5.01. The van der Waals surface area contributed by atoms with E-state index in [9.17, 15) is 13.2 Å². The Morgan fingerprint density at radius 1 is 1.08 bits per heavy atom. The van der Waals surface area contributed by atoms with Gasteiger partial charge in [-0.05, 0) is 55.7 Å². The number of benzene rings is 2. The van der Waals surface area contributed by atoms with E-state index < -0.39 is 16.1 Å². The molecule has 25 heavy (non-hydrogen) atoms. The van der Waals surface area contributed by atoms with Crippen LogP contribution < -0.4 is 9.62 Å². The third kappa shape index (κ3) is 4.82. The van der Waals surface area contributed by atoms with Crippen molar-refractivity contribution in [3.05, 3.63) is 59.7 Å². The Morgan fingerprint density at radius 3 is 2.12 bits per heavy atom. The van der Waals surface area contributed by atoms with E-state index >= 15 is 0 Å². The molecule has 0 heterocycles. The van der Waals surface area contributed by atoms with E-state index in [4.69, 9.17) is 0 Å². The summed E-state index contributed by atoms with van der Waals surface area (Å²) < 4.78 is 25.9. The summed E-state index contributed by atoms with van der Waals surface area (Å²) in [5, 5.41) is 2.85. The first-order valence-electron chi connectivity index (χ1n) is 8.16. The molecule has 0 aliphatic heterocycles. The number of carbonyl (C=O) groups is 1. The average molecular weight is 360 g/mol. The predicted molar refractivity (Wildman–Crippen MR) is 102 cm³/mol. The molecule has 0 saturated heterocycles. The van der Waals surface area contributed by atoms with Crippen LogP contribution in [-0.4, -0.2) is 26.6 Å². The van der Waals surface area contributed by atoms with Crippen molar-refractivity contribution in [2.75, 3.05) is 15.9 Å². The number of para-hydroxylation sites is 1. The van der Waals surface area contributed by atoms with Crippen molar-refractivity contribution < 1.29 is 13.2 Å². The van der Waals surface area contributed by atoms with Crippen molar-refractivity contribution in [1.82, 2.24) is 0 Å². The average Bonchev–Trinajstić information content (AvgIpc) is 2.50. The Kier molecular flexibility index (Phi) is 5.85. The van der Waals surface area contributed by atoms with Gasteiger partial charge in [-0.3, -0.25) is 9.10 Å². The van der Waals surface area contributed by atoms with Gasteiger partial charge < -0.3 is 5.32 Å². The molecule has 0 bridgehead atoms. The van der Waals surface area contributed by atoms with Crippen LogP contribution in [0, 0.1) is 13.8 Å². The van der Waals surface area contributed by atoms with Gasteiger partial charge in [-0.25, -0.2) is 8.42 Å². The fourth-order valence-corrected chi connectivity index (χ4v) is 4.12. The van der Waals surface area contributed by atoms with Gasteiger partial charge in [0, 0.05) is 5.69 Å². The molecule has 0 fully saturated rings. The Bertz CT molecular complexity index is 828. The topological polar surface area (TPSA) is 66.5 Å². The van der Waals surface area contributed by atoms with Crippen LogP contribution in [0.25, 0.3) is 0 Å².